The molecule has 0 saturated carbocycles. The smallest absolute Gasteiger partial charge is 0.264 e. The summed E-state index contributed by atoms with van der Waals surface area (Å²) < 4.78 is 7.98. The topological polar surface area (TPSA) is 55.6 Å². The third kappa shape index (κ3) is 5.80. The van der Waals surface area contributed by atoms with Crippen molar-refractivity contribution in [1.82, 2.24) is 9.88 Å². The molecule has 1 amide bonds. The summed E-state index contributed by atoms with van der Waals surface area (Å²) in [4.78, 5) is 18.5. The molecule has 1 fully saturated rings. The van der Waals surface area contributed by atoms with Gasteiger partial charge in [-0.05, 0) is 103 Å². The van der Waals surface area contributed by atoms with Crippen molar-refractivity contribution in [2.24, 2.45) is 4.99 Å². The number of aryl methyl sites for hydroxylation is 2. The molecule has 0 bridgehead atoms. The van der Waals surface area contributed by atoms with Gasteiger partial charge in [0.2, 0.25) is 0 Å². The Morgan fingerprint density at radius 3 is 2.12 bits per heavy atom. The van der Waals surface area contributed by atoms with Crippen LogP contribution in [0.1, 0.15) is 23.6 Å². The van der Waals surface area contributed by atoms with E-state index >= 15 is 0 Å². The first kappa shape index (κ1) is 27.4. The van der Waals surface area contributed by atoms with Gasteiger partial charge in [0, 0.05) is 11.3 Å². The Hall–Kier alpha value is -4.81. The van der Waals surface area contributed by atoms with E-state index in [1.54, 1.807) is 0 Å². The van der Waals surface area contributed by atoms with Crippen LogP contribution in [-0.2, 0) is 4.79 Å². The van der Waals surface area contributed by atoms with Crippen molar-refractivity contribution in [3.8, 4) is 34.0 Å². The predicted molar refractivity (Wildman–Crippen MR) is 175 cm³/mol. The quantitative estimate of drug-likeness (QED) is 0.199. The second-order valence-corrected chi connectivity index (χ2v) is 11.2. The zero-order chi connectivity index (χ0) is 29.1. The molecule has 4 aromatic carbocycles. The van der Waals surface area contributed by atoms with Crippen LogP contribution in [0.4, 0.5) is 5.69 Å². The Balaban J connectivity index is 1.50. The number of nitrogens with zero attached hydrogens (tertiary/aromatic N) is 2. The van der Waals surface area contributed by atoms with Gasteiger partial charge in [-0.2, -0.15) is 0 Å². The van der Waals surface area contributed by atoms with Crippen LogP contribution in [0.2, 0.25) is 0 Å². The maximum Gasteiger partial charge on any atom is 0.264 e. The van der Waals surface area contributed by atoms with Gasteiger partial charge in [0.05, 0.1) is 28.6 Å². The van der Waals surface area contributed by atoms with E-state index in [4.69, 9.17) is 9.73 Å². The first-order valence-electron chi connectivity index (χ1n) is 14.0. The number of carbonyl (C=O) groups is 1. The summed E-state index contributed by atoms with van der Waals surface area (Å²) in [6, 6.07) is 37.1. The number of aromatic nitrogens is 1. The fourth-order valence-corrected chi connectivity index (χ4v) is 6.07. The second kappa shape index (κ2) is 12.0. The highest BCUT2D eigenvalue weighted by Crippen LogP contribution is 2.39. The number of thioether (sulfide) groups is 1. The average molecular weight is 570 g/mol. The summed E-state index contributed by atoms with van der Waals surface area (Å²) in [6.07, 6.45) is 1.98. The van der Waals surface area contributed by atoms with E-state index in [0.29, 0.717) is 16.7 Å². The number of ether oxygens (including phenoxy) is 1. The maximum absolute atomic E-state index is 13.2. The summed E-state index contributed by atoms with van der Waals surface area (Å²) in [6.45, 7) is 6.69. The summed E-state index contributed by atoms with van der Waals surface area (Å²) in [5.41, 5.74) is 9.20. The Morgan fingerprint density at radius 2 is 1.48 bits per heavy atom. The number of hydrogen-bond donors (Lipinski definition) is 1. The maximum atomic E-state index is 13.2. The molecule has 6 heteroatoms. The number of amidine groups is 1. The summed E-state index contributed by atoms with van der Waals surface area (Å²) in [7, 11) is 0. The zero-order valence-electron chi connectivity index (χ0n) is 23.8. The average Bonchev–Trinajstić information content (AvgIpc) is 3.53. The number of amides is 1. The molecule has 2 heterocycles. The molecule has 1 aromatic heterocycles. The van der Waals surface area contributed by atoms with Crippen molar-refractivity contribution in [3.63, 3.8) is 0 Å². The Labute approximate surface area is 250 Å². The van der Waals surface area contributed by atoms with Crippen LogP contribution in [-0.4, -0.2) is 22.2 Å². The van der Waals surface area contributed by atoms with E-state index in [1.807, 2.05) is 87.5 Å². The predicted octanol–water partition coefficient (Wildman–Crippen LogP) is 8.72. The monoisotopic (exact) mass is 569 g/mol. The highest BCUT2D eigenvalue weighted by Gasteiger charge is 2.26. The van der Waals surface area contributed by atoms with Gasteiger partial charge in [-0.1, -0.05) is 66.7 Å². The van der Waals surface area contributed by atoms with Gasteiger partial charge in [-0.3, -0.25) is 4.79 Å². The van der Waals surface area contributed by atoms with Gasteiger partial charge in [-0.15, -0.1) is 0 Å². The second-order valence-electron chi connectivity index (χ2n) is 10.2. The van der Waals surface area contributed by atoms with E-state index in [9.17, 15) is 4.79 Å². The minimum atomic E-state index is -0.155. The van der Waals surface area contributed by atoms with Crippen molar-refractivity contribution in [2.75, 3.05) is 6.61 Å². The van der Waals surface area contributed by atoms with Gasteiger partial charge < -0.3 is 14.6 Å². The van der Waals surface area contributed by atoms with Crippen molar-refractivity contribution >= 4 is 34.6 Å². The zero-order valence-corrected chi connectivity index (χ0v) is 24.6. The molecular weight excluding hydrogens is 538 g/mol. The lowest BCUT2D eigenvalue weighted by atomic mass is 10.1. The van der Waals surface area contributed by atoms with Crippen LogP contribution in [0.3, 0.4) is 0 Å². The number of benzene rings is 4. The van der Waals surface area contributed by atoms with E-state index < -0.39 is 0 Å². The first-order valence-corrected chi connectivity index (χ1v) is 14.8. The van der Waals surface area contributed by atoms with Crippen LogP contribution in [0.5, 0.6) is 5.75 Å². The van der Waals surface area contributed by atoms with Gasteiger partial charge in [0.1, 0.15) is 5.75 Å². The fourth-order valence-electron chi connectivity index (χ4n) is 5.23. The molecule has 0 aliphatic carbocycles. The van der Waals surface area contributed by atoms with E-state index in [0.717, 1.165) is 56.3 Å². The molecule has 42 heavy (non-hydrogen) atoms. The molecule has 1 saturated heterocycles. The molecule has 1 aliphatic heterocycles. The highest BCUT2D eigenvalue weighted by atomic mass is 32.2. The number of rotatable bonds is 7. The van der Waals surface area contributed by atoms with Crippen LogP contribution in [0.25, 0.3) is 34.3 Å². The van der Waals surface area contributed by atoms with Crippen molar-refractivity contribution < 1.29 is 9.53 Å². The summed E-state index contributed by atoms with van der Waals surface area (Å²) in [5.74, 6) is 0.671. The minimum Gasteiger partial charge on any atom is -0.494 e. The molecule has 5 nitrogen and oxygen atoms in total. The van der Waals surface area contributed by atoms with Crippen LogP contribution in [0, 0.1) is 13.8 Å². The lowest BCUT2D eigenvalue weighted by molar-refractivity contribution is -0.115. The lowest BCUT2D eigenvalue weighted by Crippen LogP contribution is -2.19. The molecule has 0 atom stereocenters. The number of carbonyl (C=O) groups excluding carboxylic acids is 1. The normalized spacial score (nSPS) is 14.9. The number of nitrogens with one attached hydrogen (secondary N) is 1. The number of aliphatic imine (C=N–C) groups is 1. The van der Waals surface area contributed by atoms with Crippen LogP contribution >= 0.6 is 11.8 Å². The van der Waals surface area contributed by atoms with Crippen molar-refractivity contribution in [2.45, 2.75) is 20.8 Å². The molecule has 5 aromatic rings. The Kier molecular flexibility index (Phi) is 7.80. The van der Waals surface area contributed by atoms with Crippen LogP contribution < -0.4 is 10.1 Å². The van der Waals surface area contributed by atoms with Crippen molar-refractivity contribution in [1.29, 1.82) is 0 Å². The van der Waals surface area contributed by atoms with Crippen LogP contribution in [0.15, 0.2) is 119 Å². The minimum absolute atomic E-state index is 0.155. The third-order valence-corrected chi connectivity index (χ3v) is 7.84. The molecule has 1 aliphatic rings. The van der Waals surface area contributed by atoms with Gasteiger partial charge in [0.25, 0.3) is 5.91 Å². The number of hydrogen-bond acceptors (Lipinski definition) is 4. The molecule has 1 N–H and O–H groups in total. The SMILES string of the molecule is CCOc1ccc(-n2c(-c3ccccc3)cc(/C=C3/SC(=Nc4cc(C)cc(C)c4)NC3=O)c2-c2ccccc2)cc1. The molecule has 0 unspecified atom stereocenters. The summed E-state index contributed by atoms with van der Waals surface area (Å²) in [5, 5.41) is 3.53. The van der Waals surface area contributed by atoms with E-state index in [1.165, 1.54) is 11.8 Å². The van der Waals surface area contributed by atoms with Gasteiger partial charge in [0.15, 0.2) is 5.17 Å². The Bertz CT molecular complexity index is 1780. The molecule has 208 valence electrons. The molecule has 6 rings (SSSR count). The van der Waals surface area contributed by atoms with E-state index in [-0.39, 0.29) is 5.91 Å². The lowest BCUT2D eigenvalue weighted by Gasteiger charge is -2.16. The molecular formula is C36H31N3O2S. The third-order valence-electron chi connectivity index (χ3n) is 6.93. The first-order chi connectivity index (χ1) is 20.5. The standard InChI is InChI=1S/C36H31N3O2S/c1-4-41-31-17-15-30(16-18-31)39-32(26-11-7-5-8-12-26)22-28(34(39)27-13-9-6-10-14-27)23-33-35(40)38-36(42-33)37-29-20-24(2)19-25(3)21-29/h5-23H,4H2,1-3H3,(H,37,38,40)/b33-23+. The molecule has 0 radical (unpaired) electrons. The van der Waals surface area contributed by atoms with E-state index in [2.05, 4.69) is 58.4 Å². The highest BCUT2D eigenvalue weighted by molar-refractivity contribution is 8.18. The van der Waals surface area contributed by atoms with Gasteiger partial charge in [-0.25, -0.2) is 4.99 Å². The summed E-state index contributed by atoms with van der Waals surface area (Å²) >= 11 is 1.36. The Morgan fingerprint density at radius 1 is 0.833 bits per heavy atom. The fraction of sp³-hybridized carbons (Fsp3) is 0.111. The molecule has 0 spiro atoms. The van der Waals surface area contributed by atoms with Crippen molar-refractivity contribution in [3.05, 3.63) is 131 Å². The van der Waals surface area contributed by atoms with Gasteiger partial charge >= 0.3 is 0 Å². The largest absolute Gasteiger partial charge is 0.494 e.